The van der Waals surface area contributed by atoms with Crippen molar-refractivity contribution in [3.63, 3.8) is 0 Å². The molecule has 32 heavy (non-hydrogen) atoms. The van der Waals surface area contributed by atoms with Crippen LogP contribution in [0.15, 0.2) is 55.3 Å². The summed E-state index contributed by atoms with van der Waals surface area (Å²) in [5.41, 5.74) is 11.9. The van der Waals surface area contributed by atoms with Crippen molar-refractivity contribution >= 4 is 33.5 Å². The number of H-pyrrole nitrogens is 1. The number of nitrogens with one attached hydrogen (secondary N) is 2. The summed E-state index contributed by atoms with van der Waals surface area (Å²) in [4.78, 5) is 11.8. The van der Waals surface area contributed by atoms with E-state index in [-0.39, 0.29) is 11.4 Å². The Labute approximate surface area is 186 Å². The zero-order chi connectivity index (χ0) is 22.0. The van der Waals surface area contributed by atoms with Gasteiger partial charge < -0.3 is 15.6 Å². The summed E-state index contributed by atoms with van der Waals surface area (Å²) in [6.07, 6.45) is 6.81. The largest absolute Gasteiger partial charge is 0.382 e. The molecule has 1 amide bonds. The number of nitrogen functional groups attached to an aromatic ring is 1. The molecule has 6 nitrogen and oxygen atoms in total. The van der Waals surface area contributed by atoms with E-state index < -0.39 is 0 Å². The minimum atomic E-state index is -0.0494. The van der Waals surface area contributed by atoms with Gasteiger partial charge in [-0.05, 0) is 85.1 Å². The number of aromatic amines is 1. The lowest BCUT2D eigenvalue weighted by molar-refractivity contribution is -0.119. The fourth-order valence-corrected chi connectivity index (χ4v) is 6.17. The van der Waals surface area contributed by atoms with E-state index >= 15 is 0 Å². The van der Waals surface area contributed by atoms with Crippen molar-refractivity contribution in [2.24, 2.45) is 11.8 Å². The van der Waals surface area contributed by atoms with E-state index in [4.69, 9.17) is 5.73 Å². The molecule has 2 heterocycles. The number of carbonyl (C=O) groups is 1. The van der Waals surface area contributed by atoms with Gasteiger partial charge in [-0.1, -0.05) is 18.7 Å². The maximum atomic E-state index is 11.8. The summed E-state index contributed by atoms with van der Waals surface area (Å²) >= 11 is 0. The second-order valence-electron chi connectivity index (χ2n) is 9.64. The molecule has 1 unspecified atom stereocenters. The van der Waals surface area contributed by atoms with Gasteiger partial charge in [-0.25, -0.2) is 0 Å². The second-order valence-corrected chi connectivity index (χ2v) is 9.64. The highest BCUT2D eigenvalue weighted by Gasteiger charge is 2.56. The van der Waals surface area contributed by atoms with E-state index in [1.165, 1.54) is 22.5 Å². The molecule has 4 aromatic rings. The zero-order valence-corrected chi connectivity index (χ0v) is 18.2. The van der Waals surface area contributed by atoms with Gasteiger partial charge >= 0.3 is 0 Å². The Morgan fingerprint density at radius 2 is 2.16 bits per heavy atom. The molecule has 6 heteroatoms. The molecule has 4 N–H and O–H groups in total. The summed E-state index contributed by atoms with van der Waals surface area (Å²) in [6.45, 7) is 6.69. The molecule has 7 rings (SSSR count). The van der Waals surface area contributed by atoms with Gasteiger partial charge in [-0.3, -0.25) is 9.89 Å². The van der Waals surface area contributed by atoms with Gasteiger partial charge in [0, 0.05) is 29.2 Å². The van der Waals surface area contributed by atoms with Crippen LogP contribution in [0, 0.1) is 18.8 Å². The molecule has 3 saturated carbocycles. The van der Waals surface area contributed by atoms with Gasteiger partial charge in [0.05, 0.1) is 10.9 Å². The van der Waals surface area contributed by atoms with Crippen LogP contribution in [0.4, 0.5) is 5.82 Å². The Balaban J connectivity index is 1.30. The van der Waals surface area contributed by atoms with Crippen molar-refractivity contribution in [2.45, 2.75) is 38.3 Å². The molecule has 0 spiro atoms. The van der Waals surface area contributed by atoms with Crippen molar-refractivity contribution in [3.8, 4) is 11.1 Å². The molecular weight excluding hydrogens is 398 g/mol. The number of carbonyl (C=O) groups excluding carboxylic acids is 1. The number of benzene rings is 2. The Hall–Kier alpha value is -3.54. The third kappa shape index (κ3) is 2.79. The molecule has 2 aromatic carbocycles. The van der Waals surface area contributed by atoms with Gasteiger partial charge in [-0.2, -0.15) is 5.10 Å². The van der Waals surface area contributed by atoms with Crippen molar-refractivity contribution in [2.75, 3.05) is 5.73 Å². The topological polar surface area (TPSA) is 88.7 Å². The van der Waals surface area contributed by atoms with Crippen LogP contribution >= 0.6 is 0 Å². The molecule has 0 aliphatic heterocycles. The number of nitrogens with two attached hydrogens (primary N) is 1. The highest BCUT2D eigenvalue weighted by molar-refractivity contribution is 6.04. The van der Waals surface area contributed by atoms with Crippen molar-refractivity contribution in [1.82, 2.24) is 20.1 Å². The zero-order valence-electron chi connectivity index (χ0n) is 18.2. The lowest BCUT2D eigenvalue weighted by Crippen LogP contribution is -2.51. The number of hydrogen-bond acceptors (Lipinski definition) is 3. The van der Waals surface area contributed by atoms with E-state index in [0.29, 0.717) is 17.7 Å². The lowest BCUT2D eigenvalue weighted by atomic mass is 9.76. The van der Waals surface area contributed by atoms with Gasteiger partial charge in [0.15, 0.2) is 5.82 Å². The number of hydrogen-bond donors (Lipinski definition) is 3. The summed E-state index contributed by atoms with van der Waals surface area (Å²) in [5, 5.41) is 12.6. The second kappa shape index (κ2) is 6.73. The fraction of sp³-hybridized carbons (Fsp3) is 0.308. The van der Waals surface area contributed by atoms with E-state index in [2.05, 4.69) is 70.1 Å². The van der Waals surface area contributed by atoms with Gasteiger partial charge in [0.2, 0.25) is 5.91 Å². The van der Waals surface area contributed by atoms with Crippen molar-refractivity contribution in [3.05, 3.63) is 60.8 Å². The molecule has 0 radical (unpaired) electrons. The Kier molecular flexibility index (Phi) is 4.03. The van der Waals surface area contributed by atoms with Crippen molar-refractivity contribution in [1.29, 1.82) is 0 Å². The Morgan fingerprint density at radius 3 is 2.97 bits per heavy atom. The van der Waals surface area contributed by atoms with Crippen LogP contribution in [0.3, 0.4) is 0 Å². The smallest absolute Gasteiger partial charge is 0.243 e. The molecular formula is C26H27N5O. The number of nitrogens with zero attached hydrogens (tertiary/aromatic N) is 2. The lowest BCUT2D eigenvalue weighted by Gasteiger charge is -2.39. The highest BCUT2D eigenvalue weighted by atomic mass is 16.1. The molecule has 1 atom stereocenters. The molecule has 162 valence electrons. The minimum Gasteiger partial charge on any atom is -0.382 e. The van der Waals surface area contributed by atoms with Gasteiger partial charge in [0.25, 0.3) is 0 Å². The SMILES string of the molecule is C=CC(=O)NC12CC(Cn3ccc4cc(-c5c(C)ccc6[nH]nc(N)c56)ccc43)C(C1)C2. The van der Waals surface area contributed by atoms with E-state index in [0.717, 1.165) is 47.8 Å². The molecule has 3 aliphatic carbocycles. The third-order valence-electron chi connectivity index (χ3n) is 7.66. The normalized spacial score (nSPS) is 24.0. The molecule has 3 aliphatic rings. The summed E-state index contributed by atoms with van der Waals surface area (Å²) in [7, 11) is 0. The first kappa shape index (κ1) is 19.2. The van der Waals surface area contributed by atoms with Crippen LogP contribution in [-0.4, -0.2) is 26.2 Å². The maximum Gasteiger partial charge on any atom is 0.243 e. The molecule has 2 aromatic heterocycles. The Morgan fingerprint density at radius 1 is 1.31 bits per heavy atom. The number of fused-ring (bicyclic) bond motifs is 3. The molecule has 0 saturated heterocycles. The average Bonchev–Trinajstić information content (AvgIpc) is 3.50. The highest BCUT2D eigenvalue weighted by Crippen LogP contribution is 2.56. The predicted molar refractivity (Wildman–Crippen MR) is 128 cm³/mol. The first-order chi connectivity index (χ1) is 15.5. The number of aromatic nitrogens is 3. The first-order valence-electron chi connectivity index (χ1n) is 11.2. The number of aryl methyl sites for hydroxylation is 1. The maximum absolute atomic E-state index is 11.8. The van der Waals surface area contributed by atoms with Crippen LogP contribution < -0.4 is 11.1 Å². The first-order valence-corrected chi connectivity index (χ1v) is 11.2. The van der Waals surface area contributed by atoms with Crippen LogP contribution in [0.1, 0.15) is 24.8 Å². The number of rotatable bonds is 5. The number of anilines is 1. The quantitative estimate of drug-likeness (QED) is 0.410. The van der Waals surface area contributed by atoms with Crippen LogP contribution in [0.25, 0.3) is 32.9 Å². The summed E-state index contributed by atoms with van der Waals surface area (Å²) < 4.78 is 2.37. The average molecular weight is 426 g/mol. The summed E-state index contributed by atoms with van der Waals surface area (Å²) in [6, 6.07) is 13.0. The standard InChI is InChI=1S/C26H27N5O/c1-3-22(32)28-26-11-18(12-26)19(13-26)14-31-9-8-16-10-17(5-7-21(16)31)23-15(2)4-6-20-24(23)25(27)30-29-20/h3-10,18-19H,1,11-14H2,2H3,(H,28,32)(H3,27,29,30). The fourth-order valence-electron chi connectivity index (χ4n) is 6.17. The third-order valence-corrected chi connectivity index (χ3v) is 7.66. The molecule has 3 fully saturated rings. The Bertz CT molecular complexity index is 1390. The van der Waals surface area contributed by atoms with E-state index in [1.54, 1.807) is 0 Å². The monoisotopic (exact) mass is 425 g/mol. The van der Waals surface area contributed by atoms with E-state index in [1.807, 2.05) is 6.07 Å². The van der Waals surface area contributed by atoms with Crippen LogP contribution in [0.5, 0.6) is 0 Å². The molecule has 2 bridgehead atoms. The van der Waals surface area contributed by atoms with Crippen molar-refractivity contribution < 1.29 is 4.79 Å². The minimum absolute atomic E-state index is 0.00251. The van der Waals surface area contributed by atoms with Gasteiger partial charge in [0.1, 0.15) is 0 Å². The van der Waals surface area contributed by atoms with Crippen LogP contribution in [0.2, 0.25) is 0 Å². The van der Waals surface area contributed by atoms with E-state index in [9.17, 15) is 4.79 Å². The van der Waals surface area contributed by atoms with Crippen LogP contribution in [-0.2, 0) is 11.3 Å². The summed E-state index contributed by atoms with van der Waals surface area (Å²) in [5.74, 6) is 1.78. The number of amides is 1. The predicted octanol–water partition coefficient (Wildman–Crippen LogP) is 4.55. The van der Waals surface area contributed by atoms with Gasteiger partial charge in [-0.15, -0.1) is 0 Å².